The topological polar surface area (TPSA) is 50.7 Å². The number of carbonyl (C=O) groups excluding carboxylic acids is 1. The van der Waals surface area contributed by atoms with Crippen LogP contribution in [-0.2, 0) is 11.3 Å². The quantitative estimate of drug-likeness (QED) is 0.519. The van der Waals surface area contributed by atoms with E-state index in [1.165, 1.54) is 6.21 Å². The molecule has 5 heteroatoms. The molecule has 0 aliphatic carbocycles. The van der Waals surface area contributed by atoms with E-state index >= 15 is 0 Å². The van der Waals surface area contributed by atoms with E-state index in [0.717, 1.165) is 5.56 Å². The lowest BCUT2D eigenvalue weighted by Crippen LogP contribution is -2.18. The molecule has 0 saturated carbocycles. The Balaban J connectivity index is 2.26. The van der Waals surface area contributed by atoms with Crippen molar-refractivity contribution in [1.82, 2.24) is 5.43 Å². The van der Waals surface area contributed by atoms with Crippen molar-refractivity contribution in [3.63, 3.8) is 0 Å². The Morgan fingerprint density at radius 2 is 2.20 bits per heavy atom. The van der Waals surface area contributed by atoms with Crippen LogP contribution >= 0.6 is 15.9 Å². The van der Waals surface area contributed by atoms with E-state index in [2.05, 4.69) is 26.5 Å². The number of hydrazone groups is 1. The number of benzene rings is 1. The van der Waals surface area contributed by atoms with Gasteiger partial charge in [-0.05, 0) is 5.56 Å². The summed E-state index contributed by atoms with van der Waals surface area (Å²) >= 11 is 3.13. The van der Waals surface area contributed by atoms with Gasteiger partial charge in [0.25, 0.3) is 0 Å². The first-order valence-corrected chi connectivity index (χ1v) is 5.49. The Morgan fingerprint density at radius 3 is 2.87 bits per heavy atom. The van der Waals surface area contributed by atoms with Crippen molar-refractivity contribution in [2.24, 2.45) is 5.10 Å². The Labute approximate surface area is 96.4 Å². The SMILES string of the molecule is O=C(NN=CCBr)OCc1ccccc1. The van der Waals surface area contributed by atoms with Gasteiger partial charge >= 0.3 is 6.09 Å². The van der Waals surface area contributed by atoms with Crippen LogP contribution in [0.4, 0.5) is 4.79 Å². The summed E-state index contributed by atoms with van der Waals surface area (Å²) in [6, 6.07) is 9.45. The number of nitrogens with zero attached hydrogens (tertiary/aromatic N) is 1. The minimum Gasteiger partial charge on any atom is -0.443 e. The second-order valence-electron chi connectivity index (χ2n) is 2.64. The molecule has 0 unspecified atom stereocenters. The maximum atomic E-state index is 11.0. The zero-order valence-corrected chi connectivity index (χ0v) is 9.61. The highest BCUT2D eigenvalue weighted by atomic mass is 79.9. The van der Waals surface area contributed by atoms with Crippen molar-refractivity contribution >= 4 is 28.2 Å². The van der Waals surface area contributed by atoms with Gasteiger partial charge in [-0.3, -0.25) is 0 Å². The summed E-state index contributed by atoms with van der Waals surface area (Å²) in [5, 5.41) is 4.19. The molecular formula is C10H11BrN2O2. The molecule has 0 bridgehead atoms. The minimum absolute atomic E-state index is 0.247. The van der Waals surface area contributed by atoms with Crippen LogP contribution in [0.2, 0.25) is 0 Å². The number of nitrogens with one attached hydrogen (secondary N) is 1. The summed E-state index contributed by atoms with van der Waals surface area (Å²) in [5.74, 6) is 0. The molecule has 0 aliphatic rings. The third-order valence-electron chi connectivity index (χ3n) is 1.53. The normalized spacial score (nSPS) is 10.2. The van der Waals surface area contributed by atoms with Gasteiger partial charge in [-0.25, -0.2) is 10.2 Å². The average molecular weight is 271 g/mol. The minimum atomic E-state index is -0.559. The highest BCUT2D eigenvalue weighted by molar-refractivity contribution is 9.09. The molecule has 1 amide bonds. The van der Waals surface area contributed by atoms with Gasteiger partial charge in [0.15, 0.2) is 0 Å². The fourth-order valence-corrected chi connectivity index (χ4v) is 1.03. The van der Waals surface area contributed by atoms with Gasteiger partial charge in [0.05, 0.1) is 0 Å². The zero-order chi connectivity index (χ0) is 10.9. The van der Waals surface area contributed by atoms with Crippen LogP contribution in [0, 0.1) is 0 Å². The van der Waals surface area contributed by atoms with Crippen LogP contribution in [0.1, 0.15) is 5.56 Å². The summed E-state index contributed by atoms with van der Waals surface area (Å²) in [4.78, 5) is 11.0. The third-order valence-corrected chi connectivity index (χ3v) is 1.82. The number of hydrogen-bond donors (Lipinski definition) is 1. The highest BCUT2D eigenvalue weighted by Gasteiger charge is 1.99. The Hall–Kier alpha value is -1.36. The molecular weight excluding hydrogens is 260 g/mol. The first kappa shape index (κ1) is 11.7. The van der Waals surface area contributed by atoms with Crippen molar-refractivity contribution < 1.29 is 9.53 Å². The molecule has 1 aromatic carbocycles. The maximum Gasteiger partial charge on any atom is 0.428 e. The molecule has 1 N–H and O–H groups in total. The number of carbonyl (C=O) groups is 1. The molecule has 0 spiro atoms. The molecule has 0 aromatic heterocycles. The van der Waals surface area contributed by atoms with E-state index in [1.54, 1.807) is 0 Å². The van der Waals surface area contributed by atoms with Crippen LogP contribution in [0.15, 0.2) is 35.4 Å². The van der Waals surface area contributed by atoms with Gasteiger partial charge in [0, 0.05) is 11.5 Å². The predicted octanol–water partition coefficient (Wildman–Crippen LogP) is 2.29. The predicted molar refractivity (Wildman–Crippen MR) is 62.0 cm³/mol. The van der Waals surface area contributed by atoms with Gasteiger partial charge in [-0.15, -0.1) is 0 Å². The molecule has 0 saturated heterocycles. The van der Waals surface area contributed by atoms with Crippen molar-refractivity contribution in [3.8, 4) is 0 Å². The Morgan fingerprint density at radius 1 is 1.47 bits per heavy atom. The second-order valence-corrected chi connectivity index (χ2v) is 3.29. The van der Waals surface area contributed by atoms with E-state index in [9.17, 15) is 4.79 Å². The van der Waals surface area contributed by atoms with E-state index in [0.29, 0.717) is 5.33 Å². The molecule has 1 rings (SSSR count). The van der Waals surface area contributed by atoms with Crippen molar-refractivity contribution in [2.75, 3.05) is 5.33 Å². The standard InChI is InChI=1S/C10H11BrN2O2/c11-6-7-12-13-10(14)15-8-9-4-2-1-3-5-9/h1-5,7H,6,8H2,(H,13,14). The largest absolute Gasteiger partial charge is 0.443 e. The number of ether oxygens (including phenoxy) is 1. The van der Waals surface area contributed by atoms with Crippen molar-refractivity contribution in [3.05, 3.63) is 35.9 Å². The van der Waals surface area contributed by atoms with Crippen LogP contribution in [0.25, 0.3) is 0 Å². The number of alkyl halides is 1. The van der Waals surface area contributed by atoms with Gasteiger partial charge in [0.1, 0.15) is 6.61 Å². The summed E-state index contributed by atoms with van der Waals surface area (Å²) in [6.07, 6.45) is 0.958. The van der Waals surface area contributed by atoms with Crippen LogP contribution in [0.5, 0.6) is 0 Å². The molecule has 0 fully saturated rings. The first-order chi connectivity index (χ1) is 7.33. The molecule has 0 aliphatic heterocycles. The van der Waals surface area contributed by atoms with Crippen LogP contribution in [-0.4, -0.2) is 17.6 Å². The van der Waals surface area contributed by atoms with Gasteiger partial charge in [-0.2, -0.15) is 5.10 Å². The summed E-state index contributed by atoms with van der Waals surface area (Å²) in [7, 11) is 0. The summed E-state index contributed by atoms with van der Waals surface area (Å²) in [5.41, 5.74) is 3.17. The lowest BCUT2D eigenvalue weighted by molar-refractivity contribution is 0.140. The molecule has 0 heterocycles. The molecule has 0 radical (unpaired) electrons. The Kier molecular flexibility index (Phi) is 5.47. The van der Waals surface area contributed by atoms with Crippen molar-refractivity contribution in [2.45, 2.75) is 6.61 Å². The smallest absolute Gasteiger partial charge is 0.428 e. The molecule has 4 nitrogen and oxygen atoms in total. The average Bonchev–Trinajstić information content (AvgIpc) is 2.28. The summed E-state index contributed by atoms with van der Waals surface area (Å²) in [6.45, 7) is 0.247. The maximum absolute atomic E-state index is 11.0. The monoisotopic (exact) mass is 270 g/mol. The van der Waals surface area contributed by atoms with Crippen molar-refractivity contribution in [1.29, 1.82) is 0 Å². The number of amides is 1. The second kappa shape index (κ2) is 7.00. The van der Waals surface area contributed by atoms with E-state index < -0.39 is 6.09 Å². The fourth-order valence-electron chi connectivity index (χ4n) is 0.888. The van der Waals surface area contributed by atoms with Gasteiger partial charge in [0.2, 0.25) is 0 Å². The number of halogens is 1. The van der Waals surface area contributed by atoms with E-state index in [4.69, 9.17) is 4.74 Å². The first-order valence-electron chi connectivity index (χ1n) is 4.37. The van der Waals surface area contributed by atoms with Gasteiger partial charge < -0.3 is 4.74 Å². The lowest BCUT2D eigenvalue weighted by atomic mass is 10.2. The zero-order valence-electron chi connectivity index (χ0n) is 8.02. The number of rotatable bonds is 4. The lowest BCUT2D eigenvalue weighted by Gasteiger charge is -2.02. The molecule has 15 heavy (non-hydrogen) atoms. The fraction of sp³-hybridized carbons (Fsp3) is 0.200. The molecule has 0 atom stereocenters. The number of hydrogen-bond acceptors (Lipinski definition) is 3. The molecule has 1 aromatic rings. The van der Waals surface area contributed by atoms with Crippen LogP contribution in [0.3, 0.4) is 0 Å². The van der Waals surface area contributed by atoms with Gasteiger partial charge in [-0.1, -0.05) is 46.3 Å². The highest BCUT2D eigenvalue weighted by Crippen LogP contribution is 2.00. The summed E-state index contributed by atoms with van der Waals surface area (Å²) < 4.78 is 4.90. The third kappa shape index (κ3) is 5.17. The van der Waals surface area contributed by atoms with E-state index in [1.807, 2.05) is 30.3 Å². The molecule has 80 valence electrons. The van der Waals surface area contributed by atoms with Crippen LogP contribution < -0.4 is 5.43 Å². The Bertz CT molecular complexity index is 327. The van der Waals surface area contributed by atoms with E-state index in [-0.39, 0.29) is 6.61 Å².